The molecular formula is C56H102N6O24. The van der Waals surface area contributed by atoms with E-state index in [9.17, 15) is 74.7 Å². The van der Waals surface area contributed by atoms with Crippen molar-refractivity contribution in [3.05, 3.63) is 0 Å². The van der Waals surface area contributed by atoms with E-state index in [1.54, 1.807) is 20.8 Å². The second-order valence-corrected chi connectivity index (χ2v) is 22.4. The topological polar surface area (TPSA) is 440 Å². The Morgan fingerprint density at radius 3 is 0.802 bits per heavy atom. The number of nitrogens with one attached hydrogen (secondary N) is 6. The van der Waals surface area contributed by atoms with Crippen LogP contribution in [0.5, 0.6) is 0 Å². The van der Waals surface area contributed by atoms with Gasteiger partial charge >= 0.3 is 0 Å². The van der Waals surface area contributed by atoms with Gasteiger partial charge in [0.25, 0.3) is 0 Å². The fourth-order valence-corrected chi connectivity index (χ4v) is 8.95. The van der Waals surface area contributed by atoms with Crippen molar-refractivity contribution in [3.63, 3.8) is 0 Å². The fraction of sp³-hybridized carbons (Fsp3) is 0.893. The van der Waals surface area contributed by atoms with Crippen LogP contribution < -0.4 is 31.9 Å². The second kappa shape index (κ2) is 42.9. The highest BCUT2D eigenvalue weighted by atomic mass is 16.7. The SMILES string of the molecule is CC1OC(OCCCCC(=O)NCCCNC(=O)CCOCC(C)(COCCC(=O)NCCCNC(=O)CCCCOC2OC(C)C(O)C(O)C2O)COCCC(=O)NCCCNC(=O)CCCCOC2OC(C)C(O)C(O)C2O)C(O)C(O)C1O. The number of aliphatic hydroxyl groups excluding tert-OH is 9. The number of rotatable bonds is 45. The van der Waals surface area contributed by atoms with Gasteiger partial charge in [-0.3, -0.25) is 28.8 Å². The van der Waals surface area contributed by atoms with Crippen molar-refractivity contribution >= 4 is 35.4 Å². The lowest BCUT2D eigenvalue weighted by Gasteiger charge is -2.38. The molecule has 500 valence electrons. The van der Waals surface area contributed by atoms with Gasteiger partial charge in [-0.2, -0.15) is 0 Å². The van der Waals surface area contributed by atoms with E-state index in [-0.39, 0.29) is 133 Å². The molecule has 0 radical (unpaired) electrons. The summed E-state index contributed by atoms with van der Waals surface area (Å²) in [4.78, 5) is 74.6. The van der Waals surface area contributed by atoms with Gasteiger partial charge in [-0.25, -0.2) is 0 Å². The third-order valence-corrected chi connectivity index (χ3v) is 14.4. The highest BCUT2D eigenvalue weighted by molar-refractivity contribution is 5.78. The number of amides is 6. The first-order valence-electron chi connectivity index (χ1n) is 30.3. The molecule has 6 amide bonds. The second-order valence-electron chi connectivity index (χ2n) is 22.4. The van der Waals surface area contributed by atoms with Crippen molar-refractivity contribution in [1.82, 2.24) is 31.9 Å². The van der Waals surface area contributed by atoms with Gasteiger partial charge in [-0.05, 0) is 78.6 Å². The van der Waals surface area contributed by atoms with E-state index >= 15 is 0 Å². The Morgan fingerprint density at radius 2 is 0.558 bits per heavy atom. The molecule has 30 nitrogen and oxygen atoms in total. The fourth-order valence-electron chi connectivity index (χ4n) is 8.95. The predicted octanol–water partition coefficient (Wildman–Crippen LogP) is -3.88. The lowest BCUT2D eigenvalue weighted by atomic mass is 9.94. The molecule has 0 bridgehead atoms. The van der Waals surface area contributed by atoms with E-state index in [0.29, 0.717) is 97.1 Å². The number of carbonyl (C=O) groups excluding carboxylic acids is 6. The third kappa shape index (κ3) is 30.5. The Morgan fingerprint density at radius 1 is 0.326 bits per heavy atom. The maximum Gasteiger partial charge on any atom is 0.222 e. The van der Waals surface area contributed by atoms with Crippen LogP contribution in [0.25, 0.3) is 0 Å². The molecular weight excluding hydrogens is 1140 g/mol. The van der Waals surface area contributed by atoms with Crippen LogP contribution in [0.4, 0.5) is 0 Å². The zero-order valence-electron chi connectivity index (χ0n) is 50.5. The van der Waals surface area contributed by atoms with Crippen LogP contribution in [-0.4, -0.2) is 272 Å². The highest BCUT2D eigenvalue weighted by Gasteiger charge is 2.44. The lowest BCUT2D eigenvalue weighted by Crippen LogP contribution is -2.57. The number of hydrogen-bond acceptors (Lipinski definition) is 24. The van der Waals surface area contributed by atoms with Crippen LogP contribution in [0.2, 0.25) is 0 Å². The van der Waals surface area contributed by atoms with Crippen molar-refractivity contribution in [2.45, 2.75) is 216 Å². The standard InChI is InChI=1S/C56H102N6O24/c1-35-44(69)47(72)50(75)53(84-35)81-26-8-5-14-38(63)57-20-11-23-60-41(66)17-29-78-32-56(4,33-79-30-18-42(67)61-24-12-21-58-39(64)15-6-9-27-82-54-51(76)48(73)45(70)36(2)85-54)34-80-31-19-43(68)62-25-13-22-59-40(65)16-7-10-28-83-55-52(77)49(74)46(71)37(3)86-55/h35-37,44-55,69-77H,5-34H2,1-4H3,(H,57,63)(H,58,64)(H,59,65)(H,60,66)(H,61,67)(H,62,68). The van der Waals surface area contributed by atoms with E-state index < -0.39 is 97.5 Å². The molecule has 86 heavy (non-hydrogen) atoms. The van der Waals surface area contributed by atoms with E-state index in [1.165, 1.54) is 0 Å². The number of hydrogen-bond donors (Lipinski definition) is 15. The molecule has 15 unspecified atom stereocenters. The third-order valence-electron chi connectivity index (χ3n) is 14.4. The molecule has 0 aromatic heterocycles. The van der Waals surface area contributed by atoms with Crippen molar-refractivity contribution in [1.29, 1.82) is 0 Å². The average Bonchev–Trinajstić information content (AvgIpc) is 3.53. The van der Waals surface area contributed by atoms with Crippen molar-refractivity contribution < 1.29 is 117 Å². The molecule has 15 N–H and O–H groups in total. The van der Waals surface area contributed by atoms with Crippen molar-refractivity contribution in [2.24, 2.45) is 5.41 Å². The van der Waals surface area contributed by atoms with E-state index in [2.05, 4.69) is 31.9 Å². The minimum atomic E-state index is -1.39. The van der Waals surface area contributed by atoms with Gasteiger partial charge in [0, 0.05) is 103 Å². The van der Waals surface area contributed by atoms with Gasteiger partial charge in [0.05, 0.1) is 58.0 Å². The zero-order chi connectivity index (χ0) is 63.4. The summed E-state index contributed by atoms with van der Waals surface area (Å²) in [5, 5.41) is 106. The summed E-state index contributed by atoms with van der Waals surface area (Å²) in [5.74, 6) is -1.28. The monoisotopic (exact) mass is 1240 g/mol. The summed E-state index contributed by atoms with van der Waals surface area (Å²) in [6, 6.07) is 0. The summed E-state index contributed by atoms with van der Waals surface area (Å²) < 4.78 is 50.4. The summed E-state index contributed by atoms with van der Waals surface area (Å²) in [6.07, 6.45) is -12.1. The van der Waals surface area contributed by atoms with Gasteiger partial charge in [0.1, 0.15) is 54.9 Å². The Labute approximate surface area is 503 Å². The van der Waals surface area contributed by atoms with Crippen LogP contribution in [0.1, 0.15) is 124 Å². The minimum Gasteiger partial charge on any atom is -0.388 e. The molecule has 3 heterocycles. The molecule has 0 aromatic carbocycles. The quantitative estimate of drug-likeness (QED) is 0.0259. The van der Waals surface area contributed by atoms with Crippen LogP contribution in [0.15, 0.2) is 0 Å². The van der Waals surface area contributed by atoms with Gasteiger partial charge < -0.3 is 120 Å². The molecule has 3 rings (SSSR count). The van der Waals surface area contributed by atoms with Gasteiger partial charge in [-0.15, -0.1) is 0 Å². The van der Waals surface area contributed by atoms with Crippen LogP contribution in [0.3, 0.4) is 0 Å². The first kappa shape index (κ1) is 76.3. The van der Waals surface area contributed by atoms with Crippen LogP contribution in [-0.2, 0) is 71.4 Å². The molecule has 0 aromatic rings. The highest BCUT2D eigenvalue weighted by Crippen LogP contribution is 2.25. The van der Waals surface area contributed by atoms with Gasteiger partial charge in [0.15, 0.2) is 18.9 Å². The number of ether oxygens (including phenoxy) is 9. The molecule has 3 aliphatic rings. The molecule has 3 aliphatic heterocycles. The molecule has 30 heteroatoms. The average molecular weight is 1240 g/mol. The summed E-state index contributed by atoms with van der Waals surface area (Å²) in [6.45, 7) is 9.62. The first-order chi connectivity index (χ1) is 41.0. The number of carbonyl (C=O) groups is 6. The Hall–Kier alpha value is -3.90. The summed E-state index contributed by atoms with van der Waals surface area (Å²) >= 11 is 0. The predicted molar refractivity (Wildman–Crippen MR) is 303 cm³/mol. The molecule has 3 saturated heterocycles. The zero-order valence-corrected chi connectivity index (χ0v) is 50.5. The molecule has 0 aliphatic carbocycles. The van der Waals surface area contributed by atoms with E-state index in [1.807, 2.05) is 6.92 Å². The van der Waals surface area contributed by atoms with E-state index in [0.717, 1.165) is 0 Å². The lowest BCUT2D eigenvalue weighted by molar-refractivity contribution is -0.293. The molecule has 0 saturated carbocycles. The summed E-state index contributed by atoms with van der Waals surface area (Å²) in [7, 11) is 0. The maximum atomic E-state index is 12.6. The van der Waals surface area contributed by atoms with Crippen molar-refractivity contribution in [2.75, 3.05) is 98.7 Å². The Kier molecular flexibility index (Phi) is 38.1. The number of aliphatic hydroxyl groups is 9. The normalized spacial score (nSPS) is 28.2. The molecule has 0 spiro atoms. The van der Waals surface area contributed by atoms with E-state index in [4.69, 9.17) is 42.6 Å². The first-order valence-corrected chi connectivity index (χ1v) is 30.3. The largest absolute Gasteiger partial charge is 0.388 e. The van der Waals surface area contributed by atoms with Crippen molar-refractivity contribution in [3.8, 4) is 0 Å². The van der Waals surface area contributed by atoms with Gasteiger partial charge in [0.2, 0.25) is 35.4 Å². The maximum absolute atomic E-state index is 12.6. The van der Waals surface area contributed by atoms with Crippen LogP contribution >= 0.6 is 0 Å². The Balaban J connectivity index is 1.28. The number of unbranched alkanes of at least 4 members (excludes halogenated alkanes) is 3. The molecule has 15 atom stereocenters. The smallest absolute Gasteiger partial charge is 0.222 e. The Bertz CT molecular complexity index is 1730. The summed E-state index contributed by atoms with van der Waals surface area (Å²) in [5.41, 5.74) is -0.748. The minimum absolute atomic E-state index is 0.0538. The van der Waals surface area contributed by atoms with Gasteiger partial charge in [-0.1, -0.05) is 6.92 Å². The van der Waals surface area contributed by atoms with Crippen LogP contribution in [0, 0.1) is 5.41 Å². The molecule has 3 fully saturated rings.